The number of alkyl halides is 1. The third-order valence-electron chi connectivity index (χ3n) is 2.05. The van der Waals surface area contributed by atoms with Gasteiger partial charge in [-0.25, -0.2) is 0 Å². The van der Waals surface area contributed by atoms with E-state index in [1.54, 1.807) is 18.4 Å². The topological polar surface area (TPSA) is 9.23 Å². The van der Waals surface area contributed by atoms with Crippen LogP contribution >= 0.6 is 39.9 Å². The highest BCUT2D eigenvalue weighted by molar-refractivity contribution is 9.08. The first kappa shape index (κ1) is 10.3. The molecule has 14 heavy (non-hydrogen) atoms. The Kier molecular flexibility index (Phi) is 3.04. The Morgan fingerprint density at radius 3 is 2.93 bits per heavy atom. The fourth-order valence-corrected chi connectivity index (χ4v) is 3.02. The van der Waals surface area contributed by atoms with Crippen molar-refractivity contribution < 1.29 is 4.74 Å². The van der Waals surface area contributed by atoms with Crippen LogP contribution in [0.5, 0.6) is 5.75 Å². The molecular formula is C10H9BrOS2. The van der Waals surface area contributed by atoms with Gasteiger partial charge in [-0.2, -0.15) is 0 Å². The van der Waals surface area contributed by atoms with Crippen LogP contribution in [-0.2, 0) is 5.33 Å². The van der Waals surface area contributed by atoms with Gasteiger partial charge in [-0.05, 0) is 17.7 Å². The lowest BCUT2D eigenvalue weighted by atomic mass is 10.2. The van der Waals surface area contributed by atoms with Crippen molar-refractivity contribution in [3.8, 4) is 5.75 Å². The average Bonchev–Trinajstić information content (AvgIpc) is 2.59. The summed E-state index contributed by atoms with van der Waals surface area (Å²) in [6.45, 7) is 0. The predicted molar refractivity (Wildman–Crippen MR) is 68.3 cm³/mol. The van der Waals surface area contributed by atoms with Gasteiger partial charge in [-0.3, -0.25) is 0 Å². The van der Waals surface area contributed by atoms with Crippen LogP contribution in [0.15, 0.2) is 22.4 Å². The van der Waals surface area contributed by atoms with Crippen LogP contribution in [0.4, 0.5) is 0 Å². The molecule has 0 aliphatic heterocycles. The van der Waals surface area contributed by atoms with Crippen LogP contribution in [0.1, 0.15) is 5.56 Å². The van der Waals surface area contributed by atoms with Crippen molar-refractivity contribution >= 4 is 50.0 Å². The van der Waals surface area contributed by atoms with Gasteiger partial charge in [0, 0.05) is 21.0 Å². The molecule has 2 rings (SSSR count). The van der Waals surface area contributed by atoms with Crippen LogP contribution in [0, 0.1) is 0 Å². The molecule has 0 unspecified atom stereocenters. The Morgan fingerprint density at radius 1 is 1.50 bits per heavy atom. The number of thiophene rings is 1. The molecule has 0 saturated carbocycles. The standard InChI is InChI=1S/C10H9BrOS2/c1-12-8-3-6(4-11)2-7-9(13)5-14-10(7)8/h2-3,5,13H,4H2,1H3. The van der Waals surface area contributed by atoms with Crippen molar-refractivity contribution in [2.75, 3.05) is 7.11 Å². The highest BCUT2D eigenvalue weighted by atomic mass is 79.9. The molecule has 1 heterocycles. The number of methoxy groups -OCH3 is 1. The number of rotatable bonds is 2. The number of fused-ring (bicyclic) bond motifs is 1. The van der Waals surface area contributed by atoms with Crippen LogP contribution in [0.3, 0.4) is 0 Å². The van der Waals surface area contributed by atoms with E-state index >= 15 is 0 Å². The third-order valence-corrected chi connectivity index (χ3v) is 4.26. The van der Waals surface area contributed by atoms with Crippen molar-refractivity contribution in [2.45, 2.75) is 10.2 Å². The minimum atomic E-state index is 0.836. The smallest absolute Gasteiger partial charge is 0.136 e. The first-order chi connectivity index (χ1) is 6.76. The van der Waals surface area contributed by atoms with Gasteiger partial charge in [0.2, 0.25) is 0 Å². The summed E-state index contributed by atoms with van der Waals surface area (Å²) in [6, 6.07) is 4.20. The predicted octanol–water partition coefficient (Wildman–Crippen LogP) is 4.09. The minimum absolute atomic E-state index is 0.836. The first-order valence-corrected chi connectivity index (χ1v) is 6.54. The molecule has 4 heteroatoms. The maximum atomic E-state index is 5.34. The van der Waals surface area contributed by atoms with Crippen molar-refractivity contribution in [1.29, 1.82) is 0 Å². The summed E-state index contributed by atoms with van der Waals surface area (Å²) in [7, 11) is 1.70. The lowest BCUT2D eigenvalue weighted by Gasteiger charge is -2.04. The summed E-state index contributed by atoms with van der Waals surface area (Å²) in [5.74, 6) is 0.933. The molecular weight excluding hydrogens is 280 g/mol. The number of ether oxygens (including phenoxy) is 1. The van der Waals surface area contributed by atoms with Crippen LogP contribution in [-0.4, -0.2) is 7.11 Å². The summed E-state index contributed by atoms with van der Waals surface area (Å²) in [5, 5.41) is 4.04. The maximum Gasteiger partial charge on any atom is 0.136 e. The summed E-state index contributed by atoms with van der Waals surface area (Å²) < 4.78 is 6.51. The highest BCUT2D eigenvalue weighted by Crippen LogP contribution is 2.37. The molecule has 0 amide bonds. The van der Waals surface area contributed by atoms with Gasteiger partial charge in [0.1, 0.15) is 5.75 Å². The summed E-state index contributed by atoms with van der Waals surface area (Å²) >= 11 is 9.52. The number of hydrogen-bond acceptors (Lipinski definition) is 3. The average molecular weight is 289 g/mol. The number of halogens is 1. The van der Waals surface area contributed by atoms with Gasteiger partial charge in [-0.1, -0.05) is 15.9 Å². The molecule has 1 nitrogen and oxygen atoms in total. The van der Waals surface area contributed by atoms with Gasteiger partial charge in [0.25, 0.3) is 0 Å². The molecule has 0 atom stereocenters. The van der Waals surface area contributed by atoms with E-state index in [9.17, 15) is 0 Å². The summed E-state index contributed by atoms with van der Waals surface area (Å²) in [4.78, 5) is 1.02. The molecule has 2 aromatic rings. The van der Waals surface area contributed by atoms with E-state index in [1.165, 1.54) is 15.6 Å². The summed E-state index contributed by atoms with van der Waals surface area (Å²) in [5.41, 5.74) is 1.21. The van der Waals surface area contributed by atoms with Crippen molar-refractivity contribution in [2.24, 2.45) is 0 Å². The van der Waals surface area contributed by atoms with Crippen LogP contribution in [0.2, 0.25) is 0 Å². The molecule has 1 aromatic heterocycles. The molecule has 0 fully saturated rings. The Bertz CT molecular complexity index is 464. The molecule has 0 N–H and O–H groups in total. The second-order valence-corrected chi connectivity index (χ2v) is 4.85. The van der Waals surface area contributed by atoms with Gasteiger partial charge in [0.05, 0.1) is 11.8 Å². The Morgan fingerprint density at radius 2 is 2.29 bits per heavy atom. The monoisotopic (exact) mass is 288 g/mol. The van der Waals surface area contributed by atoms with E-state index in [-0.39, 0.29) is 0 Å². The zero-order valence-electron chi connectivity index (χ0n) is 7.58. The SMILES string of the molecule is COc1cc(CBr)cc2c(S)csc12. The van der Waals surface area contributed by atoms with E-state index in [1.807, 2.05) is 5.38 Å². The Balaban J connectivity index is 2.76. The molecule has 0 bridgehead atoms. The Hall–Kier alpha value is -0.190. The molecule has 0 spiro atoms. The van der Waals surface area contributed by atoms with E-state index in [2.05, 4.69) is 40.7 Å². The van der Waals surface area contributed by atoms with Crippen molar-refractivity contribution in [3.63, 3.8) is 0 Å². The molecule has 74 valence electrons. The number of hydrogen-bond donors (Lipinski definition) is 1. The van der Waals surface area contributed by atoms with Crippen LogP contribution in [0.25, 0.3) is 10.1 Å². The highest BCUT2D eigenvalue weighted by Gasteiger charge is 2.08. The summed E-state index contributed by atoms with van der Waals surface area (Å²) in [6.07, 6.45) is 0. The molecule has 0 aliphatic rings. The second-order valence-electron chi connectivity index (χ2n) is 2.93. The minimum Gasteiger partial charge on any atom is -0.495 e. The fraction of sp³-hybridized carbons (Fsp3) is 0.200. The van der Waals surface area contributed by atoms with E-state index in [4.69, 9.17) is 4.74 Å². The zero-order valence-corrected chi connectivity index (χ0v) is 10.9. The van der Waals surface area contributed by atoms with E-state index in [0.717, 1.165) is 16.0 Å². The zero-order chi connectivity index (χ0) is 10.1. The molecule has 0 aliphatic carbocycles. The maximum absolute atomic E-state index is 5.34. The lowest BCUT2D eigenvalue weighted by molar-refractivity contribution is 0.420. The van der Waals surface area contributed by atoms with Gasteiger partial charge in [0.15, 0.2) is 0 Å². The van der Waals surface area contributed by atoms with E-state index in [0.29, 0.717) is 0 Å². The molecule has 0 saturated heterocycles. The van der Waals surface area contributed by atoms with E-state index < -0.39 is 0 Å². The normalized spacial score (nSPS) is 10.8. The quantitative estimate of drug-likeness (QED) is 0.647. The third kappa shape index (κ3) is 1.66. The first-order valence-electron chi connectivity index (χ1n) is 4.09. The fourth-order valence-electron chi connectivity index (χ4n) is 1.38. The van der Waals surface area contributed by atoms with Gasteiger partial charge >= 0.3 is 0 Å². The molecule has 0 radical (unpaired) electrons. The van der Waals surface area contributed by atoms with Gasteiger partial charge < -0.3 is 4.74 Å². The largest absolute Gasteiger partial charge is 0.495 e. The second kappa shape index (κ2) is 4.13. The van der Waals surface area contributed by atoms with Crippen molar-refractivity contribution in [1.82, 2.24) is 0 Å². The lowest BCUT2D eigenvalue weighted by Crippen LogP contribution is -1.85. The van der Waals surface area contributed by atoms with Gasteiger partial charge in [-0.15, -0.1) is 24.0 Å². The number of benzene rings is 1. The molecule has 1 aromatic carbocycles. The van der Waals surface area contributed by atoms with Crippen molar-refractivity contribution in [3.05, 3.63) is 23.1 Å². The Labute approximate surface area is 101 Å². The number of thiol groups is 1. The van der Waals surface area contributed by atoms with Crippen LogP contribution < -0.4 is 4.74 Å².